The first kappa shape index (κ1) is 14.7. The standard InChI is InChI=1S/C12H16N2O2S3/c1-9-12(6-11(18-9)7-13-2)19(15,16)14-8-10-4-3-5-17-10/h3-6,13-14H,7-8H2,1-2H3. The van der Waals surface area contributed by atoms with Gasteiger partial charge in [0.2, 0.25) is 10.0 Å². The van der Waals surface area contributed by atoms with Gasteiger partial charge in [-0.1, -0.05) is 6.07 Å². The first-order valence-corrected chi connectivity index (χ1v) is 8.97. The molecule has 0 spiro atoms. The molecule has 7 heteroatoms. The van der Waals surface area contributed by atoms with E-state index in [-0.39, 0.29) is 0 Å². The molecule has 0 atom stereocenters. The predicted octanol–water partition coefficient (Wildman–Crippen LogP) is 2.32. The zero-order valence-corrected chi connectivity index (χ0v) is 13.2. The molecule has 2 N–H and O–H groups in total. The van der Waals surface area contributed by atoms with Crippen molar-refractivity contribution in [3.05, 3.63) is 38.2 Å². The second-order valence-electron chi connectivity index (χ2n) is 4.07. The van der Waals surface area contributed by atoms with Crippen LogP contribution >= 0.6 is 22.7 Å². The van der Waals surface area contributed by atoms with Crippen molar-refractivity contribution in [1.29, 1.82) is 0 Å². The monoisotopic (exact) mass is 316 g/mol. The van der Waals surface area contributed by atoms with E-state index in [1.807, 2.05) is 31.5 Å². The van der Waals surface area contributed by atoms with Gasteiger partial charge in [0.1, 0.15) is 0 Å². The third-order valence-electron chi connectivity index (χ3n) is 2.58. The summed E-state index contributed by atoms with van der Waals surface area (Å²) in [6.45, 7) is 2.87. The van der Waals surface area contributed by atoms with Crippen LogP contribution in [0.1, 0.15) is 14.6 Å². The van der Waals surface area contributed by atoms with Crippen LogP contribution < -0.4 is 10.0 Å². The molecule has 2 rings (SSSR count). The van der Waals surface area contributed by atoms with E-state index in [0.29, 0.717) is 18.0 Å². The first-order chi connectivity index (χ1) is 9.03. The van der Waals surface area contributed by atoms with Crippen molar-refractivity contribution in [3.63, 3.8) is 0 Å². The highest BCUT2D eigenvalue weighted by atomic mass is 32.2. The van der Waals surface area contributed by atoms with Crippen LogP contribution in [0.5, 0.6) is 0 Å². The molecule has 0 fully saturated rings. The van der Waals surface area contributed by atoms with E-state index >= 15 is 0 Å². The van der Waals surface area contributed by atoms with Gasteiger partial charge < -0.3 is 5.32 Å². The van der Waals surface area contributed by atoms with E-state index in [4.69, 9.17) is 0 Å². The molecule has 104 valence electrons. The summed E-state index contributed by atoms with van der Waals surface area (Å²) in [4.78, 5) is 3.24. The van der Waals surface area contributed by atoms with Crippen LogP contribution in [0.2, 0.25) is 0 Å². The van der Waals surface area contributed by atoms with E-state index in [1.54, 1.807) is 17.4 Å². The summed E-state index contributed by atoms with van der Waals surface area (Å²) >= 11 is 3.05. The summed E-state index contributed by atoms with van der Waals surface area (Å²) in [6.07, 6.45) is 0. The average molecular weight is 316 g/mol. The van der Waals surface area contributed by atoms with Crippen LogP contribution in [-0.4, -0.2) is 15.5 Å². The fourth-order valence-electron chi connectivity index (χ4n) is 1.71. The largest absolute Gasteiger partial charge is 0.315 e. The fourth-order valence-corrected chi connectivity index (χ4v) is 5.10. The lowest BCUT2D eigenvalue weighted by molar-refractivity contribution is 0.581. The van der Waals surface area contributed by atoms with Gasteiger partial charge in [0.15, 0.2) is 0 Å². The van der Waals surface area contributed by atoms with E-state index < -0.39 is 10.0 Å². The number of aryl methyl sites for hydroxylation is 1. The Bertz CT molecular complexity index is 630. The SMILES string of the molecule is CNCc1cc(S(=O)(=O)NCc2cccs2)c(C)s1. The molecular weight excluding hydrogens is 300 g/mol. The lowest BCUT2D eigenvalue weighted by atomic mass is 10.4. The first-order valence-electron chi connectivity index (χ1n) is 5.79. The second kappa shape index (κ2) is 6.15. The lowest BCUT2D eigenvalue weighted by Crippen LogP contribution is -2.22. The van der Waals surface area contributed by atoms with E-state index in [9.17, 15) is 8.42 Å². The number of thiophene rings is 2. The molecule has 2 heterocycles. The van der Waals surface area contributed by atoms with Crippen molar-refractivity contribution in [2.75, 3.05) is 7.05 Å². The highest BCUT2D eigenvalue weighted by molar-refractivity contribution is 7.89. The van der Waals surface area contributed by atoms with Crippen molar-refractivity contribution in [2.45, 2.75) is 24.9 Å². The smallest absolute Gasteiger partial charge is 0.242 e. The highest BCUT2D eigenvalue weighted by Gasteiger charge is 2.19. The average Bonchev–Trinajstić information content (AvgIpc) is 2.97. The molecule has 0 aliphatic heterocycles. The van der Waals surface area contributed by atoms with Gasteiger partial charge in [0.05, 0.1) is 4.90 Å². The molecule has 2 aromatic rings. The Morgan fingerprint density at radius 1 is 1.26 bits per heavy atom. The van der Waals surface area contributed by atoms with Crippen molar-refractivity contribution in [3.8, 4) is 0 Å². The van der Waals surface area contributed by atoms with Crippen LogP contribution in [0.25, 0.3) is 0 Å². The molecule has 0 saturated heterocycles. The topological polar surface area (TPSA) is 58.2 Å². The molecule has 0 aromatic carbocycles. The van der Waals surface area contributed by atoms with Crippen LogP contribution in [-0.2, 0) is 23.1 Å². The Kier molecular flexibility index (Phi) is 4.75. The maximum Gasteiger partial charge on any atom is 0.242 e. The minimum Gasteiger partial charge on any atom is -0.315 e. The molecule has 4 nitrogen and oxygen atoms in total. The Labute approximate surface area is 121 Å². The molecule has 0 unspecified atom stereocenters. The molecule has 19 heavy (non-hydrogen) atoms. The summed E-state index contributed by atoms with van der Waals surface area (Å²) in [5.74, 6) is 0. The number of rotatable bonds is 6. The number of hydrogen-bond donors (Lipinski definition) is 2. The molecule has 0 radical (unpaired) electrons. The fraction of sp³-hybridized carbons (Fsp3) is 0.333. The second-order valence-corrected chi connectivity index (χ2v) is 8.18. The summed E-state index contributed by atoms with van der Waals surface area (Å²) < 4.78 is 27.1. The maximum atomic E-state index is 12.2. The maximum absolute atomic E-state index is 12.2. The molecule has 0 bridgehead atoms. The molecule has 0 amide bonds. The van der Waals surface area contributed by atoms with E-state index in [2.05, 4.69) is 10.0 Å². The third kappa shape index (κ3) is 3.64. The number of nitrogens with one attached hydrogen (secondary N) is 2. The third-order valence-corrected chi connectivity index (χ3v) is 6.16. The van der Waals surface area contributed by atoms with E-state index in [1.165, 1.54) is 11.3 Å². The van der Waals surface area contributed by atoms with Crippen molar-refractivity contribution in [1.82, 2.24) is 10.0 Å². The Morgan fingerprint density at radius 2 is 2.05 bits per heavy atom. The van der Waals surface area contributed by atoms with Crippen molar-refractivity contribution >= 4 is 32.7 Å². The zero-order chi connectivity index (χ0) is 13.9. The molecule has 0 saturated carbocycles. The van der Waals surface area contributed by atoms with Crippen LogP contribution in [0, 0.1) is 6.92 Å². The Hall–Kier alpha value is -0.730. The molecule has 0 aliphatic carbocycles. The Morgan fingerprint density at radius 3 is 2.68 bits per heavy atom. The van der Waals surface area contributed by atoms with Crippen LogP contribution in [0.4, 0.5) is 0 Å². The highest BCUT2D eigenvalue weighted by Crippen LogP contribution is 2.25. The van der Waals surface area contributed by atoms with Gasteiger partial charge in [-0.2, -0.15) is 0 Å². The quantitative estimate of drug-likeness (QED) is 0.860. The molecule has 2 aromatic heterocycles. The Balaban J connectivity index is 2.14. The predicted molar refractivity (Wildman–Crippen MR) is 80.2 cm³/mol. The molecular formula is C12H16N2O2S3. The van der Waals surface area contributed by atoms with Gasteiger partial charge in [-0.3, -0.25) is 0 Å². The van der Waals surface area contributed by atoms with Gasteiger partial charge in [-0.05, 0) is 31.5 Å². The number of sulfonamides is 1. The zero-order valence-electron chi connectivity index (χ0n) is 10.8. The van der Waals surface area contributed by atoms with Gasteiger partial charge >= 0.3 is 0 Å². The minimum absolute atomic E-state index is 0.344. The van der Waals surface area contributed by atoms with Gasteiger partial charge in [-0.25, -0.2) is 13.1 Å². The van der Waals surface area contributed by atoms with Crippen LogP contribution in [0.3, 0.4) is 0 Å². The van der Waals surface area contributed by atoms with Gasteiger partial charge in [-0.15, -0.1) is 22.7 Å². The van der Waals surface area contributed by atoms with Crippen LogP contribution in [0.15, 0.2) is 28.5 Å². The van der Waals surface area contributed by atoms with Gasteiger partial charge in [0.25, 0.3) is 0 Å². The summed E-state index contributed by atoms with van der Waals surface area (Å²) in [5, 5.41) is 4.96. The summed E-state index contributed by atoms with van der Waals surface area (Å²) in [6, 6.07) is 5.57. The normalized spacial score (nSPS) is 11.9. The number of hydrogen-bond acceptors (Lipinski definition) is 5. The van der Waals surface area contributed by atoms with Crippen molar-refractivity contribution < 1.29 is 8.42 Å². The van der Waals surface area contributed by atoms with Crippen molar-refractivity contribution in [2.24, 2.45) is 0 Å². The summed E-state index contributed by atoms with van der Waals surface area (Å²) in [5.41, 5.74) is 0. The molecule has 0 aliphatic rings. The lowest BCUT2D eigenvalue weighted by Gasteiger charge is -2.04. The van der Waals surface area contributed by atoms with E-state index in [0.717, 1.165) is 14.6 Å². The van der Waals surface area contributed by atoms with Gasteiger partial charge in [0, 0.05) is 27.7 Å². The summed E-state index contributed by atoms with van der Waals surface area (Å²) in [7, 11) is -1.58. The minimum atomic E-state index is -3.43.